The van der Waals surface area contributed by atoms with Gasteiger partial charge in [-0.15, -0.1) is 11.3 Å². The lowest BCUT2D eigenvalue weighted by Crippen LogP contribution is -2.21. The van der Waals surface area contributed by atoms with Gasteiger partial charge in [-0.1, -0.05) is 29.5 Å². The lowest BCUT2D eigenvalue weighted by Gasteiger charge is -2.07. The molecule has 0 aliphatic carbocycles. The van der Waals surface area contributed by atoms with Crippen LogP contribution in [-0.2, 0) is 0 Å². The topological polar surface area (TPSA) is 87.2 Å². The van der Waals surface area contributed by atoms with Gasteiger partial charge >= 0.3 is 0 Å². The van der Waals surface area contributed by atoms with Crippen LogP contribution in [0.25, 0.3) is 0 Å². The number of carbonyl (C=O) groups is 2. The molecular weight excluding hydrogens is 370 g/mol. The van der Waals surface area contributed by atoms with Gasteiger partial charge in [-0.25, -0.2) is 9.97 Å². The number of carbonyl (C=O) groups excluding carboxylic acids is 2. The largest absolute Gasteiger partial charge is 0.344 e. The van der Waals surface area contributed by atoms with E-state index in [9.17, 15) is 9.59 Å². The van der Waals surface area contributed by atoms with Crippen LogP contribution in [-0.4, -0.2) is 40.8 Å². The first-order valence-corrected chi connectivity index (χ1v) is 9.41. The summed E-state index contributed by atoms with van der Waals surface area (Å²) in [5.41, 5.74) is 1.78. The number of aromatic nitrogens is 2. The Balaban J connectivity index is 1.69. The molecule has 26 heavy (non-hydrogen) atoms. The van der Waals surface area contributed by atoms with Crippen molar-refractivity contribution in [3.05, 3.63) is 52.0 Å². The van der Waals surface area contributed by atoms with E-state index in [1.54, 1.807) is 26.4 Å². The number of aryl methyl sites for hydroxylation is 1. The van der Waals surface area contributed by atoms with E-state index >= 15 is 0 Å². The minimum Gasteiger partial charge on any atom is -0.344 e. The molecule has 134 valence electrons. The first kappa shape index (κ1) is 18.0. The van der Waals surface area contributed by atoms with Gasteiger partial charge < -0.3 is 10.2 Å². The monoisotopic (exact) mass is 387 g/mol. The molecule has 0 bridgehead atoms. The van der Waals surface area contributed by atoms with Crippen LogP contribution in [0.5, 0.6) is 0 Å². The fourth-order valence-corrected chi connectivity index (χ4v) is 3.79. The fourth-order valence-electron chi connectivity index (χ4n) is 2.09. The number of para-hydroxylation sites is 1. The molecule has 2 amide bonds. The molecule has 0 fully saturated rings. The van der Waals surface area contributed by atoms with Crippen LogP contribution in [0, 0.1) is 6.92 Å². The summed E-state index contributed by atoms with van der Waals surface area (Å²) >= 11 is 2.49. The average molecular weight is 387 g/mol. The van der Waals surface area contributed by atoms with Gasteiger partial charge in [0, 0.05) is 25.2 Å². The Bertz CT molecular complexity index is 934. The molecule has 2 N–H and O–H groups in total. The van der Waals surface area contributed by atoms with E-state index in [2.05, 4.69) is 20.6 Å². The molecule has 0 saturated heterocycles. The van der Waals surface area contributed by atoms with Gasteiger partial charge in [0.1, 0.15) is 10.6 Å². The van der Waals surface area contributed by atoms with Crippen molar-refractivity contribution in [1.29, 1.82) is 0 Å². The van der Waals surface area contributed by atoms with E-state index in [0.717, 1.165) is 17.0 Å². The molecule has 0 spiro atoms. The Morgan fingerprint density at radius 1 is 1.08 bits per heavy atom. The first-order chi connectivity index (χ1) is 12.4. The number of rotatable bonds is 5. The molecule has 2 heterocycles. The van der Waals surface area contributed by atoms with Crippen LogP contribution in [0.15, 0.2) is 35.7 Å². The summed E-state index contributed by atoms with van der Waals surface area (Å²) in [6, 6.07) is 9.60. The van der Waals surface area contributed by atoms with Gasteiger partial charge in [0.2, 0.25) is 0 Å². The van der Waals surface area contributed by atoms with Crippen molar-refractivity contribution in [2.75, 3.05) is 24.7 Å². The maximum absolute atomic E-state index is 12.4. The maximum Gasteiger partial charge on any atom is 0.276 e. The van der Waals surface area contributed by atoms with Crippen molar-refractivity contribution < 1.29 is 9.59 Å². The average Bonchev–Trinajstić information content (AvgIpc) is 3.21. The number of amides is 2. The molecule has 7 nitrogen and oxygen atoms in total. The lowest BCUT2D eigenvalue weighted by molar-refractivity contribution is 0.0831. The smallest absolute Gasteiger partial charge is 0.276 e. The summed E-state index contributed by atoms with van der Waals surface area (Å²) in [5, 5.41) is 8.53. The zero-order valence-corrected chi connectivity index (χ0v) is 16.1. The standard InChI is InChI=1S/C17H17N5O2S2/c1-10-13(15(24)22(2)3)26-17(18-10)21-14(23)12-9-25-16(20-12)19-11-7-5-4-6-8-11/h4-9H,1-3H3,(H,19,20)(H,18,21,23). The van der Waals surface area contributed by atoms with E-state index in [-0.39, 0.29) is 11.8 Å². The quantitative estimate of drug-likeness (QED) is 0.698. The minimum atomic E-state index is -0.361. The molecule has 0 unspecified atom stereocenters. The van der Waals surface area contributed by atoms with Crippen molar-refractivity contribution >= 4 is 50.4 Å². The lowest BCUT2D eigenvalue weighted by atomic mass is 10.3. The van der Waals surface area contributed by atoms with Crippen molar-refractivity contribution in [3.8, 4) is 0 Å². The van der Waals surface area contributed by atoms with Crippen molar-refractivity contribution in [2.45, 2.75) is 6.92 Å². The summed E-state index contributed by atoms with van der Waals surface area (Å²) < 4.78 is 0. The predicted molar refractivity (Wildman–Crippen MR) is 105 cm³/mol. The summed E-state index contributed by atoms with van der Waals surface area (Å²) in [5.74, 6) is -0.497. The van der Waals surface area contributed by atoms with Crippen LogP contribution in [0.3, 0.4) is 0 Å². The second kappa shape index (κ2) is 7.63. The van der Waals surface area contributed by atoms with E-state index in [1.165, 1.54) is 16.2 Å². The van der Waals surface area contributed by atoms with Gasteiger partial charge in [0.25, 0.3) is 11.8 Å². The Morgan fingerprint density at radius 3 is 2.50 bits per heavy atom. The molecule has 0 radical (unpaired) electrons. The minimum absolute atomic E-state index is 0.136. The summed E-state index contributed by atoms with van der Waals surface area (Å²) in [4.78, 5) is 35.0. The third kappa shape index (κ3) is 4.06. The number of thiazole rings is 2. The molecule has 0 atom stereocenters. The van der Waals surface area contributed by atoms with E-state index in [1.807, 2.05) is 30.3 Å². The van der Waals surface area contributed by atoms with E-state index in [0.29, 0.717) is 26.5 Å². The van der Waals surface area contributed by atoms with Gasteiger partial charge in [0.15, 0.2) is 10.3 Å². The maximum atomic E-state index is 12.4. The predicted octanol–water partition coefficient (Wildman–Crippen LogP) is 3.61. The van der Waals surface area contributed by atoms with Crippen molar-refractivity contribution in [3.63, 3.8) is 0 Å². The van der Waals surface area contributed by atoms with E-state index in [4.69, 9.17) is 0 Å². The third-order valence-electron chi connectivity index (χ3n) is 3.38. The highest BCUT2D eigenvalue weighted by Crippen LogP contribution is 2.25. The zero-order valence-electron chi connectivity index (χ0n) is 14.4. The van der Waals surface area contributed by atoms with Gasteiger partial charge in [-0.2, -0.15) is 0 Å². The molecule has 0 saturated carbocycles. The van der Waals surface area contributed by atoms with Crippen LogP contribution < -0.4 is 10.6 Å². The van der Waals surface area contributed by atoms with Gasteiger partial charge in [0.05, 0.1) is 5.69 Å². The third-order valence-corrected chi connectivity index (χ3v) is 5.20. The molecule has 3 rings (SSSR count). The van der Waals surface area contributed by atoms with Crippen LogP contribution in [0.1, 0.15) is 25.9 Å². The molecular formula is C17H17N5O2S2. The normalized spacial score (nSPS) is 10.4. The SMILES string of the molecule is Cc1nc(NC(=O)c2csc(Nc3ccccc3)n2)sc1C(=O)N(C)C. The number of benzene rings is 1. The van der Waals surface area contributed by atoms with Crippen LogP contribution in [0.4, 0.5) is 16.0 Å². The molecule has 0 aliphatic heterocycles. The highest BCUT2D eigenvalue weighted by Gasteiger charge is 2.19. The number of hydrogen-bond donors (Lipinski definition) is 2. The zero-order chi connectivity index (χ0) is 18.7. The number of nitrogens with one attached hydrogen (secondary N) is 2. The van der Waals surface area contributed by atoms with Crippen LogP contribution >= 0.6 is 22.7 Å². The Hall–Kier alpha value is -2.78. The van der Waals surface area contributed by atoms with E-state index < -0.39 is 0 Å². The van der Waals surface area contributed by atoms with Crippen LogP contribution in [0.2, 0.25) is 0 Å². The van der Waals surface area contributed by atoms with Crippen molar-refractivity contribution in [2.24, 2.45) is 0 Å². The highest BCUT2D eigenvalue weighted by molar-refractivity contribution is 7.17. The molecule has 9 heteroatoms. The number of hydrogen-bond acceptors (Lipinski definition) is 7. The Kier molecular flexibility index (Phi) is 5.29. The van der Waals surface area contributed by atoms with Gasteiger partial charge in [-0.05, 0) is 19.1 Å². The number of anilines is 3. The number of nitrogens with zero attached hydrogens (tertiary/aromatic N) is 3. The Morgan fingerprint density at radius 2 is 1.81 bits per heavy atom. The molecule has 3 aromatic rings. The molecule has 0 aliphatic rings. The summed E-state index contributed by atoms with van der Waals surface area (Å²) in [6.45, 7) is 1.74. The molecule has 1 aromatic carbocycles. The Labute approximate surface area is 158 Å². The second-order valence-electron chi connectivity index (χ2n) is 5.62. The first-order valence-electron chi connectivity index (χ1n) is 7.72. The fraction of sp³-hybridized carbons (Fsp3) is 0.176. The summed E-state index contributed by atoms with van der Waals surface area (Å²) in [6.07, 6.45) is 0. The van der Waals surface area contributed by atoms with Gasteiger partial charge in [-0.3, -0.25) is 14.9 Å². The highest BCUT2D eigenvalue weighted by atomic mass is 32.1. The summed E-state index contributed by atoms with van der Waals surface area (Å²) in [7, 11) is 3.35. The van der Waals surface area contributed by atoms with Crippen molar-refractivity contribution in [1.82, 2.24) is 14.9 Å². The molecule has 2 aromatic heterocycles. The second-order valence-corrected chi connectivity index (χ2v) is 7.47.